The molecular formula is C18H28N2O2. The Balaban J connectivity index is 1.99. The lowest BCUT2D eigenvalue weighted by Crippen LogP contribution is -2.27. The molecule has 0 saturated heterocycles. The monoisotopic (exact) mass is 304 g/mol. The third-order valence-electron chi connectivity index (χ3n) is 4.04. The molecule has 1 amide bonds. The molecule has 0 heterocycles. The number of hydrogen-bond acceptors (Lipinski definition) is 3. The molecule has 2 N–H and O–H groups in total. The van der Waals surface area contributed by atoms with Crippen LogP contribution >= 0.6 is 0 Å². The van der Waals surface area contributed by atoms with Gasteiger partial charge in [0.1, 0.15) is 5.60 Å². The Morgan fingerprint density at radius 2 is 1.91 bits per heavy atom. The summed E-state index contributed by atoms with van der Waals surface area (Å²) in [5, 5.41) is 6.41. The minimum atomic E-state index is -0.494. The van der Waals surface area contributed by atoms with Gasteiger partial charge in [-0.05, 0) is 58.1 Å². The second-order valence-electron chi connectivity index (χ2n) is 7.10. The van der Waals surface area contributed by atoms with Crippen molar-refractivity contribution in [3.05, 3.63) is 24.3 Å². The maximum Gasteiger partial charge on any atom is 0.412 e. The molecule has 1 aromatic carbocycles. The molecule has 2 atom stereocenters. The lowest BCUT2D eigenvalue weighted by molar-refractivity contribution is 0.0636. The number of para-hydroxylation sites is 2. The van der Waals surface area contributed by atoms with E-state index in [0.717, 1.165) is 17.3 Å². The van der Waals surface area contributed by atoms with E-state index in [1.807, 2.05) is 45.0 Å². The van der Waals surface area contributed by atoms with Crippen molar-refractivity contribution < 1.29 is 9.53 Å². The van der Waals surface area contributed by atoms with Crippen LogP contribution in [0.15, 0.2) is 24.3 Å². The van der Waals surface area contributed by atoms with E-state index in [4.69, 9.17) is 4.74 Å². The van der Waals surface area contributed by atoms with Crippen molar-refractivity contribution in [2.24, 2.45) is 5.92 Å². The first-order valence-corrected chi connectivity index (χ1v) is 8.23. The third kappa shape index (κ3) is 4.93. The second-order valence-corrected chi connectivity index (χ2v) is 7.10. The Morgan fingerprint density at radius 3 is 2.50 bits per heavy atom. The fraction of sp³-hybridized carbons (Fsp3) is 0.611. The van der Waals surface area contributed by atoms with Crippen LogP contribution in [0.25, 0.3) is 0 Å². The van der Waals surface area contributed by atoms with Crippen LogP contribution in [0.3, 0.4) is 0 Å². The molecule has 0 aromatic heterocycles. The van der Waals surface area contributed by atoms with Crippen molar-refractivity contribution in [2.75, 3.05) is 10.6 Å². The van der Waals surface area contributed by atoms with Crippen molar-refractivity contribution in [1.82, 2.24) is 0 Å². The van der Waals surface area contributed by atoms with Gasteiger partial charge < -0.3 is 10.1 Å². The highest BCUT2D eigenvalue weighted by atomic mass is 16.6. The van der Waals surface area contributed by atoms with Crippen molar-refractivity contribution in [3.63, 3.8) is 0 Å². The van der Waals surface area contributed by atoms with Crippen LogP contribution in [-0.2, 0) is 4.74 Å². The standard InChI is InChI=1S/C18H28N2O2/c1-5-13-10-11-14(12-13)19-15-8-6-7-9-16(15)20-17(21)22-18(2,3)4/h6-9,13-14,19H,5,10-12H2,1-4H3,(H,20,21). The molecule has 4 nitrogen and oxygen atoms in total. The summed E-state index contributed by atoms with van der Waals surface area (Å²) in [6.07, 6.45) is 4.52. The Labute approximate surface area is 133 Å². The molecule has 0 spiro atoms. The van der Waals surface area contributed by atoms with Crippen molar-refractivity contribution >= 4 is 17.5 Å². The van der Waals surface area contributed by atoms with Crippen LogP contribution in [0, 0.1) is 5.92 Å². The van der Waals surface area contributed by atoms with E-state index in [0.29, 0.717) is 6.04 Å². The second kappa shape index (κ2) is 7.03. The lowest BCUT2D eigenvalue weighted by atomic mass is 10.1. The fourth-order valence-corrected chi connectivity index (χ4v) is 2.93. The minimum absolute atomic E-state index is 0.417. The van der Waals surface area contributed by atoms with Crippen LogP contribution in [0.4, 0.5) is 16.2 Å². The molecule has 1 fully saturated rings. The Hall–Kier alpha value is -1.71. The van der Waals surface area contributed by atoms with E-state index in [2.05, 4.69) is 17.6 Å². The van der Waals surface area contributed by atoms with E-state index in [9.17, 15) is 4.79 Å². The molecule has 0 aliphatic heterocycles. The number of hydrogen-bond donors (Lipinski definition) is 2. The first-order valence-electron chi connectivity index (χ1n) is 8.23. The highest BCUT2D eigenvalue weighted by molar-refractivity contribution is 5.89. The van der Waals surface area contributed by atoms with Gasteiger partial charge in [-0.2, -0.15) is 0 Å². The van der Waals surface area contributed by atoms with E-state index < -0.39 is 11.7 Å². The normalized spacial score (nSPS) is 21.5. The zero-order chi connectivity index (χ0) is 16.2. The zero-order valence-electron chi connectivity index (χ0n) is 14.1. The van der Waals surface area contributed by atoms with E-state index in [-0.39, 0.29) is 0 Å². The first kappa shape index (κ1) is 16.7. The predicted octanol–water partition coefficient (Wildman–Crippen LogP) is 5.02. The number of nitrogens with one attached hydrogen (secondary N) is 2. The van der Waals surface area contributed by atoms with Gasteiger partial charge in [0, 0.05) is 6.04 Å². The Morgan fingerprint density at radius 1 is 1.23 bits per heavy atom. The largest absolute Gasteiger partial charge is 0.444 e. The molecule has 1 saturated carbocycles. The summed E-state index contributed by atoms with van der Waals surface area (Å²) < 4.78 is 5.32. The number of carbonyl (C=O) groups excluding carboxylic acids is 1. The van der Waals surface area contributed by atoms with Crippen molar-refractivity contribution in [1.29, 1.82) is 0 Å². The molecule has 1 aromatic rings. The maximum atomic E-state index is 12.0. The third-order valence-corrected chi connectivity index (χ3v) is 4.04. The van der Waals surface area contributed by atoms with Gasteiger partial charge in [-0.25, -0.2) is 4.79 Å². The topological polar surface area (TPSA) is 50.4 Å². The van der Waals surface area contributed by atoms with Gasteiger partial charge in [0.15, 0.2) is 0 Å². The lowest BCUT2D eigenvalue weighted by Gasteiger charge is -2.21. The van der Waals surface area contributed by atoms with Gasteiger partial charge in [0.25, 0.3) is 0 Å². The fourth-order valence-electron chi connectivity index (χ4n) is 2.93. The average Bonchev–Trinajstić information content (AvgIpc) is 2.86. The summed E-state index contributed by atoms with van der Waals surface area (Å²) in [6, 6.07) is 8.30. The summed E-state index contributed by atoms with van der Waals surface area (Å²) in [7, 11) is 0. The Bertz CT molecular complexity index is 508. The highest BCUT2D eigenvalue weighted by Crippen LogP contribution is 2.32. The molecule has 4 heteroatoms. The molecular weight excluding hydrogens is 276 g/mol. The Kier molecular flexibility index (Phi) is 5.33. The summed E-state index contributed by atoms with van der Waals surface area (Å²) >= 11 is 0. The van der Waals surface area contributed by atoms with Crippen molar-refractivity contribution in [2.45, 2.75) is 65.0 Å². The smallest absolute Gasteiger partial charge is 0.412 e. The number of benzene rings is 1. The number of rotatable bonds is 4. The van der Waals surface area contributed by atoms with Gasteiger partial charge >= 0.3 is 6.09 Å². The minimum Gasteiger partial charge on any atom is -0.444 e. The van der Waals surface area contributed by atoms with Gasteiger partial charge in [0.05, 0.1) is 11.4 Å². The summed E-state index contributed by atoms with van der Waals surface area (Å²) in [6.45, 7) is 7.84. The van der Waals surface area contributed by atoms with E-state index in [1.54, 1.807) is 0 Å². The number of ether oxygens (including phenoxy) is 1. The molecule has 0 bridgehead atoms. The number of amides is 1. The van der Waals surface area contributed by atoms with E-state index >= 15 is 0 Å². The van der Waals surface area contributed by atoms with Crippen LogP contribution in [0.1, 0.15) is 53.4 Å². The summed E-state index contributed by atoms with van der Waals surface area (Å²) in [4.78, 5) is 12.0. The zero-order valence-corrected chi connectivity index (χ0v) is 14.1. The summed E-state index contributed by atoms with van der Waals surface area (Å²) in [5.41, 5.74) is 1.25. The first-order chi connectivity index (χ1) is 10.4. The molecule has 2 unspecified atom stereocenters. The summed E-state index contributed by atoms with van der Waals surface area (Å²) in [5.74, 6) is 0.823. The van der Waals surface area contributed by atoms with Crippen molar-refractivity contribution in [3.8, 4) is 0 Å². The van der Waals surface area contributed by atoms with Gasteiger partial charge in [-0.3, -0.25) is 5.32 Å². The molecule has 22 heavy (non-hydrogen) atoms. The van der Waals surface area contributed by atoms with Crippen LogP contribution in [-0.4, -0.2) is 17.7 Å². The molecule has 1 aliphatic carbocycles. The average molecular weight is 304 g/mol. The predicted molar refractivity (Wildman–Crippen MR) is 91.3 cm³/mol. The van der Waals surface area contributed by atoms with Crippen LogP contribution < -0.4 is 10.6 Å². The molecule has 122 valence electrons. The van der Waals surface area contributed by atoms with Gasteiger partial charge in [-0.1, -0.05) is 25.5 Å². The van der Waals surface area contributed by atoms with Gasteiger partial charge in [-0.15, -0.1) is 0 Å². The SMILES string of the molecule is CCC1CCC(Nc2ccccc2NC(=O)OC(C)(C)C)C1. The number of carbonyl (C=O) groups is 1. The molecule has 2 rings (SSSR count). The quantitative estimate of drug-likeness (QED) is 0.820. The van der Waals surface area contributed by atoms with Gasteiger partial charge in [0.2, 0.25) is 0 Å². The number of anilines is 2. The van der Waals surface area contributed by atoms with Crippen LogP contribution in [0.2, 0.25) is 0 Å². The van der Waals surface area contributed by atoms with Crippen LogP contribution in [0.5, 0.6) is 0 Å². The maximum absolute atomic E-state index is 12.0. The molecule has 1 aliphatic rings. The highest BCUT2D eigenvalue weighted by Gasteiger charge is 2.24. The van der Waals surface area contributed by atoms with E-state index in [1.165, 1.54) is 25.7 Å². The molecule has 0 radical (unpaired) electrons.